The van der Waals surface area contributed by atoms with E-state index in [0.29, 0.717) is 24.3 Å². The van der Waals surface area contributed by atoms with Crippen LogP contribution in [0.15, 0.2) is 28.7 Å². The van der Waals surface area contributed by atoms with Crippen molar-refractivity contribution in [1.29, 1.82) is 0 Å². The molecule has 0 aliphatic rings. The summed E-state index contributed by atoms with van der Waals surface area (Å²) in [5.41, 5.74) is 3.31. The number of nitrogens with zero attached hydrogens (tertiary/aromatic N) is 2. The van der Waals surface area contributed by atoms with Crippen LogP contribution in [0.25, 0.3) is 0 Å². The summed E-state index contributed by atoms with van der Waals surface area (Å²) in [5.74, 6) is -0.209. The van der Waals surface area contributed by atoms with E-state index in [4.69, 9.17) is 0 Å². The molecular weight excluding hydrogens is 360 g/mol. The van der Waals surface area contributed by atoms with Gasteiger partial charge in [-0.05, 0) is 54.0 Å². The zero-order valence-corrected chi connectivity index (χ0v) is 14.9. The Hall–Kier alpha value is -2.15. The molecule has 23 heavy (non-hydrogen) atoms. The molecule has 1 heterocycles. The summed E-state index contributed by atoms with van der Waals surface area (Å²) < 4.78 is 2.80. The first-order valence-electron chi connectivity index (χ1n) is 7.24. The van der Waals surface area contributed by atoms with Gasteiger partial charge in [0.2, 0.25) is 11.8 Å². The van der Waals surface area contributed by atoms with E-state index < -0.39 is 0 Å². The largest absolute Gasteiger partial charge is 0.326 e. The lowest BCUT2D eigenvalue weighted by Gasteiger charge is -2.08. The molecule has 0 aliphatic heterocycles. The van der Waals surface area contributed by atoms with Gasteiger partial charge in [0.1, 0.15) is 0 Å². The Morgan fingerprint density at radius 3 is 2.17 bits per heavy atom. The van der Waals surface area contributed by atoms with Gasteiger partial charge in [-0.25, -0.2) is 0 Å². The van der Waals surface area contributed by atoms with Gasteiger partial charge in [0.15, 0.2) is 0 Å². The highest BCUT2D eigenvalue weighted by molar-refractivity contribution is 9.10. The molecule has 122 valence electrons. The summed E-state index contributed by atoms with van der Waals surface area (Å²) in [5, 5.41) is 9.88. The summed E-state index contributed by atoms with van der Waals surface area (Å²) in [6.45, 7) is 5.86. The third-order valence-corrected chi connectivity index (χ3v) is 4.48. The lowest BCUT2D eigenvalue weighted by atomic mass is 10.2. The summed E-state index contributed by atoms with van der Waals surface area (Å²) in [7, 11) is 0. The van der Waals surface area contributed by atoms with Crippen molar-refractivity contribution >= 4 is 39.1 Å². The second-order valence-electron chi connectivity index (χ2n) is 5.26. The summed E-state index contributed by atoms with van der Waals surface area (Å²) in [6.07, 6.45) is 0.335. The van der Waals surface area contributed by atoms with Crippen molar-refractivity contribution in [3.8, 4) is 0 Å². The number of amides is 2. The monoisotopic (exact) mass is 378 g/mol. The van der Waals surface area contributed by atoms with Gasteiger partial charge in [-0.1, -0.05) is 0 Å². The number of benzene rings is 1. The van der Waals surface area contributed by atoms with Gasteiger partial charge in [-0.15, -0.1) is 0 Å². The maximum absolute atomic E-state index is 12.0. The highest BCUT2D eigenvalue weighted by atomic mass is 79.9. The van der Waals surface area contributed by atoms with Crippen molar-refractivity contribution in [2.24, 2.45) is 0 Å². The molecule has 0 spiro atoms. The van der Waals surface area contributed by atoms with Gasteiger partial charge in [0.25, 0.3) is 0 Å². The van der Waals surface area contributed by atoms with Crippen molar-refractivity contribution in [1.82, 2.24) is 9.78 Å². The number of rotatable bonds is 5. The SMILES string of the molecule is CC(=O)Nc1ccc(NC(=O)CCn2nc(C)c(Br)c2C)cc1. The maximum Gasteiger partial charge on any atom is 0.226 e. The number of hydrogen-bond acceptors (Lipinski definition) is 3. The molecule has 1 aromatic heterocycles. The van der Waals surface area contributed by atoms with Crippen LogP contribution in [-0.2, 0) is 16.1 Å². The first-order chi connectivity index (χ1) is 10.9. The second-order valence-corrected chi connectivity index (χ2v) is 6.06. The Kier molecular flexibility index (Phi) is 5.54. The Bertz CT molecular complexity index is 722. The van der Waals surface area contributed by atoms with E-state index in [0.717, 1.165) is 15.9 Å². The molecule has 2 aromatic rings. The number of hydrogen-bond donors (Lipinski definition) is 2. The summed E-state index contributed by atoms with van der Waals surface area (Å²) >= 11 is 3.47. The number of aromatic nitrogens is 2. The molecule has 0 bridgehead atoms. The lowest BCUT2D eigenvalue weighted by Crippen LogP contribution is -2.15. The van der Waals surface area contributed by atoms with Gasteiger partial charge in [-0.2, -0.15) is 5.10 Å². The number of carbonyl (C=O) groups excluding carboxylic acids is 2. The highest BCUT2D eigenvalue weighted by Gasteiger charge is 2.10. The zero-order valence-electron chi connectivity index (χ0n) is 13.3. The van der Waals surface area contributed by atoms with Crippen LogP contribution in [-0.4, -0.2) is 21.6 Å². The summed E-state index contributed by atoms with van der Waals surface area (Å²) in [6, 6.07) is 7.00. The fourth-order valence-electron chi connectivity index (χ4n) is 2.16. The quantitative estimate of drug-likeness (QED) is 0.838. The summed E-state index contributed by atoms with van der Waals surface area (Å²) in [4.78, 5) is 23.0. The van der Waals surface area contributed by atoms with Crippen LogP contribution in [0.2, 0.25) is 0 Å². The van der Waals surface area contributed by atoms with Crippen LogP contribution in [0.5, 0.6) is 0 Å². The average Bonchev–Trinajstić information content (AvgIpc) is 2.74. The molecule has 0 atom stereocenters. The standard InChI is InChI=1S/C16H19BrN4O2/c1-10-16(17)11(2)21(20-10)9-8-15(23)19-14-6-4-13(5-7-14)18-12(3)22/h4-7H,8-9H2,1-3H3,(H,18,22)(H,19,23). The minimum atomic E-state index is -0.127. The Morgan fingerprint density at radius 2 is 1.70 bits per heavy atom. The second kappa shape index (κ2) is 7.41. The van der Waals surface area contributed by atoms with E-state index in [-0.39, 0.29) is 11.8 Å². The fraction of sp³-hybridized carbons (Fsp3) is 0.312. The van der Waals surface area contributed by atoms with E-state index >= 15 is 0 Å². The molecule has 0 aliphatic carbocycles. The van der Waals surface area contributed by atoms with E-state index in [2.05, 4.69) is 31.7 Å². The van der Waals surface area contributed by atoms with Gasteiger partial charge >= 0.3 is 0 Å². The van der Waals surface area contributed by atoms with Gasteiger partial charge in [0, 0.05) is 30.4 Å². The third-order valence-electron chi connectivity index (χ3n) is 3.33. The Balaban J connectivity index is 1.89. The molecular formula is C16H19BrN4O2. The highest BCUT2D eigenvalue weighted by Crippen LogP contribution is 2.20. The maximum atomic E-state index is 12.0. The molecule has 1 aromatic carbocycles. The fourth-order valence-corrected chi connectivity index (χ4v) is 2.45. The Morgan fingerprint density at radius 1 is 1.13 bits per heavy atom. The first-order valence-corrected chi connectivity index (χ1v) is 8.03. The normalized spacial score (nSPS) is 10.4. The van der Waals surface area contributed by atoms with E-state index in [9.17, 15) is 9.59 Å². The number of carbonyl (C=O) groups is 2. The van der Waals surface area contributed by atoms with Crippen molar-refractivity contribution < 1.29 is 9.59 Å². The van der Waals surface area contributed by atoms with Crippen LogP contribution < -0.4 is 10.6 Å². The zero-order chi connectivity index (χ0) is 17.0. The third kappa shape index (κ3) is 4.66. The van der Waals surface area contributed by atoms with Gasteiger partial charge in [0.05, 0.1) is 16.7 Å². The average molecular weight is 379 g/mol. The molecule has 6 nitrogen and oxygen atoms in total. The number of anilines is 2. The molecule has 0 saturated carbocycles. The topological polar surface area (TPSA) is 76.0 Å². The Labute approximate surface area is 143 Å². The van der Waals surface area contributed by atoms with E-state index in [1.807, 2.05) is 18.5 Å². The molecule has 2 amide bonds. The van der Waals surface area contributed by atoms with Crippen molar-refractivity contribution in [2.45, 2.75) is 33.7 Å². The van der Waals surface area contributed by atoms with Gasteiger partial charge in [-0.3, -0.25) is 14.3 Å². The number of aryl methyl sites for hydroxylation is 2. The van der Waals surface area contributed by atoms with Crippen molar-refractivity contribution in [3.63, 3.8) is 0 Å². The van der Waals surface area contributed by atoms with Crippen LogP contribution in [0.4, 0.5) is 11.4 Å². The lowest BCUT2D eigenvalue weighted by molar-refractivity contribution is -0.116. The van der Waals surface area contributed by atoms with Crippen LogP contribution in [0.1, 0.15) is 24.7 Å². The predicted octanol–water partition coefficient (Wildman–Crippen LogP) is 3.25. The minimum Gasteiger partial charge on any atom is -0.326 e. The van der Waals surface area contributed by atoms with Crippen LogP contribution in [0, 0.1) is 13.8 Å². The van der Waals surface area contributed by atoms with E-state index in [1.54, 1.807) is 24.3 Å². The molecule has 0 unspecified atom stereocenters. The molecule has 0 fully saturated rings. The molecule has 7 heteroatoms. The number of halogens is 1. The minimum absolute atomic E-state index is 0.0825. The van der Waals surface area contributed by atoms with Crippen molar-refractivity contribution in [2.75, 3.05) is 10.6 Å². The smallest absolute Gasteiger partial charge is 0.226 e. The van der Waals surface area contributed by atoms with Crippen molar-refractivity contribution in [3.05, 3.63) is 40.1 Å². The van der Waals surface area contributed by atoms with Gasteiger partial charge < -0.3 is 10.6 Å². The number of nitrogens with one attached hydrogen (secondary N) is 2. The molecule has 0 radical (unpaired) electrons. The first kappa shape index (κ1) is 17.2. The molecule has 2 rings (SSSR count). The van der Waals surface area contributed by atoms with Crippen LogP contribution >= 0.6 is 15.9 Å². The van der Waals surface area contributed by atoms with E-state index in [1.165, 1.54) is 6.92 Å². The molecule has 0 saturated heterocycles. The van der Waals surface area contributed by atoms with Crippen LogP contribution in [0.3, 0.4) is 0 Å². The molecule has 2 N–H and O–H groups in total. The predicted molar refractivity (Wildman–Crippen MR) is 93.4 cm³/mol.